The second kappa shape index (κ2) is 4.93. The monoisotopic (exact) mass is 277 g/mol. The molecule has 0 bridgehead atoms. The first-order valence-electron chi connectivity index (χ1n) is 5.45. The fourth-order valence-electron chi connectivity index (χ4n) is 1.66. The quantitative estimate of drug-likeness (QED) is 0.894. The Labute approximate surface area is 106 Å². The molecule has 1 aromatic rings. The summed E-state index contributed by atoms with van der Waals surface area (Å²) < 4.78 is 51.0. The fourth-order valence-corrected chi connectivity index (χ4v) is 3.61. The highest BCUT2D eigenvalue weighted by Gasteiger charge is 2.38. The Bertz CT molecular complexity index is 493. The van der Waals surface area contributed by atoms with Gasteiger partial charge in [0.15, 0.2) is 9.84 Å². The summed E-state index contributed by atoms with van der Waals surface area (Å²) in [6, 6.07) is 6.91. The fraction of sp³-hybridized carbons (Fsp3) is 0.500. The summed E-state index contributed by atoms with van der Waals surface area (Å²) in [5, 5.41) is 0. The van der Waals surface area contributed by atoms with E-state index in [-0.39, 0.29) is 5.56 Å². The molecule has 0 saturated carbocycles. The maximum Gasteiger partial charge on any atom is 0.287 e. The lowest BCUT2D eigenvalue weighted by molar-refractivity contribution is 0.0213. The zero-order chi connectivity index (χ0) is 14.0. The number of rotatable bonds is 5. The first kappa shape index (κ1) is 15.0. The van der Waals surface area contributed by atoms with Crippen LogP contribution >= 0.6 is 0 Å². The molecule has 3 nitrogen and oxygen atoms in total. The summed E-state index contributed by atoms with van der Waals surface area (Å²) in [5.74, 6) is -5.08. The zero-order valence-corrected chi connectivity index (χ0v) is 11.2. The van der Waals surface area contributed by atoms with Crippen molar-refractivity contribution in [3.05, 3.63) is 35.9 Å². The highest BCUT2D eigenvalue weighted by atomic mass is 32.2. The first-order chi connectivity index (χ1) is 8.02. The van der Waals surface area contributed by atoms with Gasteiger partial charge in [-0.25, -0.2) is 17.2 Å². The largest absolute Gasteiger partial charge is 0.325 e. The maximum absolute atomic E-state index is 13.8. The van der Waals surface area contributed by atoms with E-state index in [4.69, 9.17) is 5.73 Å². The third-order valence-electron chi connectivity index (χ3n) is 2.19. The Balaban J connectivity index is 2.90. The number of hydrogen-bond acceptors (Lipinski definition) is 3. The van der Waals surface area contributed by atoms with Crippen LogP contribution in [-0.4, -0.2) is 25.5 Å². The van der Waals surface area contributed by atoms with Crippen molar-refractivity contribution in [2.45, 2.75) is 25.3 Å². The summed E-state index contributed by atoms with van der Waals surface area (Å²) in [7, 11) is -3.92. The van der Waals surface area contributed by atoms with Crippen molar-refractivity contribution in [2.75, 3.05) is 11.5 Å². The molecule has 0 atom stereocenters. The minimum absolute atomic E-state index is 0.302. The predicted octanol–water partition coefficient (Wildman–Crippen LogP) is 1.93. The Kier molecular flexibility index (Phi) is 4.12. The summed E-state index contributed by atoms with van der Waals surface area (Å²) in [4.78, 5) is 0. The van der Waals surface area contributed by atoms with Crippen LogP contribution in [0.25, 0.3) is 0 Å². The van der Waals surface area contributed by atoms with E-state index in [0.717, 1.165) is 0 Å². The van der Waals surface area contributed by atoms with Gasteiger partial charge in [-0.1, -0.05) is 30.3 Å². The zero-order valence-electron chi connectivity index (χ0n) is 10.4. The van der Waals surface area contributed by atoms with Crippen molar-refractivity contribution in [3.63, 3.8) is 0 Å². The van der Waals surface area contributed by atoms with Gasteiger partial charge < -0.3 is 5.73 Å². The van der Waals surface area contributed by atoms with Crippen LogP contribution in [0.4, 0.5) is 8.78 Å². The molecule has 0 aromatic heterocycles. The lowest BCUT2D eigenvalue weighted by atomic mass is 10.1. The number of hydrogen-bond donors (Lipinski definition) is 1. The minimum Gasteiger partial charge on any atom is -0.325 e. The van der Waals surface area contributed by atoms with Gasteiger partial charge in [0, 0.05) is 11.1 Å². The molecule has 0 fully saturated rings. The molecule has 102 valence electrons. The van der Waals surface area contributed by atoms with Crippen LogP contribution in [0.3, 0.4) is 0 Å². The van der Waals surface area contributed by atoms with Crippen LogP contribution in [0.5, 0.6) is 0 Å². The van der Waals surface area contributed by atoms with E-state index < -0.39 is 32.8 Å². The Morgan fingerprint density at radius 2 is 1.61 bits per heavy atom. The Hall–Kier alpha value is -1.01. The van der Waals surface area contributed by atoms with Crippen LogP contribution in [0.15, 0.2) is 30.3 Å². The van der Waals surface area contributed by atoms with Crippen LogP contribution in [0.1, 0.15) is 19.4 Å². The highest BCUT2D eigenvalue weighted by molar-refractivity contribution is 7.91. The smallest absolute Gasteiger partial charge is 0.287 e. The normalized spacial score (nSPS) is 13.6. The minimum atomic E-state index is -3.92. The van der Waals surface area contributed by atoms with E-state index in [1.165, 1.54) is 38.1 Å². The average molecular weight is 277 g/mol. The summed E-state index contributed by atoms with van der Waals surface area (Å²) in [6.45, 7) is 2.98. The SMILES string of the molecule is CC(C)(N)CS(=O)(=O)CC(F)(F)c1ccccc1. The van der Waals surface area contributed by atoms with Gasteiger partial charge in [0.1, 0.15) is 5.75 Å². The molecular weight excluding hydrogens is 260 g/mol. The van der Waals surface area contributed by atoms with Gasteiger partial charge >= 0.3 is 0 Å². The molecule has 18 heavy (non-hydrogen) atoms. The number of nitrogens with two attached hydrogens (primary N) is 1. The highest BCUT2D eigenvalue weighted by Crippen LogP contribution is 2.30. The van der Waals surface area contributed by atoms with Gasteiger partial charge in [-0.2, -0.15) is 0 Å². The van der Waals surface area contributed by atoms with Gasteiger partial charge in [-0.3, -0.25) is 0 Å². The van der Waals surface area contributed by atoms with E-state index in [1.807, 2.05) is 0 Å². The molecule has 1 rings (SSSR count). The van der Waals surface area contributed by atoms with E-state index in [9.17, 15) is 17.2 Å². The summed E-state index contributed by atoms with van der Waals surface area (Å²) in [6.07, 6.45) is 0. The van der Waals surface area contributed by atoms with Crippen molar-refractivity contribution in [1.82, 2.24) is 0 Å². The van der Waals surface area contributed by atoms with Gasteiger partial charge in [-0.05, 0) is 13.8 Å². The molecule has 6 heteroatoms. The van der Waals surface area contributed by atoms with E-state index in [1.54, 1.807) is 6.07 Å². The molecule has 0 amide bonds. The number of halogens is 2. The predicted molar refractivity (Wildman–Crippen MR) is 67.3 cm³/mol. The third kappa shape index (κ3) is 4.70. The van der Waals surface area contributed by atoms with Crippen molar-refractivity contribution in [3.8, 4) is 0 Å². The van der Waals surface area contributed by atoms with E-state index in [2.05, 4.69) is 0 Å². The maximum atomic E-state index is 13.8. The molecule has 0 heterocycles. The van der Waals surface area contributed by atoms with Crippen LogP contribution < -0.4 is 5.73 Å². The van der Waals surface area contributed by atoms with E-state index >= 15 is 0 Å². The summed E-state index contributed by atoms with van der Waals surface area (Å²) >= 11 is 0. The van der Waals surface area contributed by atoms with Crippen molar-refractivity contribution < 1.29 is 17.2 Å². The lowest BCUT2D eigenvalue weighted by Gasteiger charge is -2.21. The Morgan fingerprint density at radius 1 is 1.11 bits per heavy atom. The van der Waals surface area contributed by atoms with Crippen molar-refractivity contribution in [2.24, 2.45) is 5.73 Å². The number of benzene rings is 1. The van der Waals surface area contributed by atoms with Gasteiger partial charge in [0.2, 0.25) is 0 Å². The summed E-state index contributed by atoms with van der Waals surface area (Å²) in [5.41, 5.74) is 4.23. The van der Waals surface area contributed by atoms with Crippen LogP contribution in [0.2, 0.25) is 0 Å². The van der Waals surface area contributed by atoms with E-state index in [0.29, 0.717) is 0 Å². The molecule has 2 N–H and O–H groups in total. The molecular formula is C12H17F2NO2S. The Morgan fingerprint density at radius 3 is 2.06 bits per heavy atom. The lowest BCUT2D eigenvalue weighted by Crippen LogP contribution is -2.42. The molecule has 0 aliphatic rings. The third-order valence-corrected chi connectivity index (χ3v) is 4.18. The van der Waals surface area contributed by atoms with Crippen molar-refractivity contribution in [1.29, 1.82) is 0 Å². The molecule has 0 radical (unpaired) electrons. The molecule has 0 saturated heterocycles. The second-order valence-electron chi connectivity index (χ2n) is 5.09. The van der Waals surface area contributed by atoms with Gasteiger partial charge in [-0.15, -0.1) is 0 Å². The molecule has 1 aromatic carbocycles. The molecule has 0 aliphatic carbocycles. The second-order valence-corrected chi connectivity index (χ2v) is 7.16. The standard InChI is InChI=1S/C12H17F2NO2S/c1-11(2,15)8-18(16,17)9-12(13,14)10-6-4-3-5-7-10/h3-7H,8-9,15H2,1-2H3. The van der Waals surface area contributed by atoms with Gasteiger partial charge in [0.25, 0.3) is 5.92 Å². The number of alkyl halides is 2. The molecule has 0 aliphatic heterocycles. The average Bonchev–Trinajstić information content (AvgIpc) is 2.13. The van der Waals surface area contributed by atoms with Crippen LogP contribution in [0, 0.1) is 0 Å². The molecule has 0 spiro atoms. The topological polar surface area (TPSA) is 60.2 Å². The van der Waals surface area contributed by atoms with Gasteiger partial charge in [0.05, 0.1) is 5.75 Å². The van der Waals surface area contributed by atoms with Crippen molar-refractivity contribution >= 4 is 9.84 Å². The number of sulfone groups is 1. The molecule has 0 unspecified atom stereocenters. The van der Waals surface area contributed by atoms with Crippen LogP contribution in [-0.2, 0) is 15.8 Å². The first-order valence-corrected chi connectivity index (χ1v) is 7.27.